The van der Waals surface area contributed by atoms with E-state index >= 15 is 0 Å². The number of benzene rings is 1. The number of cyclic esters (lactones) is 1. The number of nitrogens with one attached hydrogen (secondary N) is 1. The molecule has 0 saturated carbocycles. The number of ether oxygens (including phenoxy) is 1. The zero-order valence-corrected chi connectivity index (χ0v) is 15.0. The number of carbonyl (C=O) groups excluding carboxylic acids is 2. The number of hydrogen-bond donors (Lipinski definition) is 2. The first kappa shape index (κ1) is 19.3. The van der Waals surface area contributed by atoms with Crippen LogP contribution >= 0.6 is 0 Å². The Hall–Kier alpha value is -2.46. The molecule has 2 N–H and O–H groups in total. The van der Waals surface area contributed by atoms with E-state index in [0.717, 1.165) is 17.0 Å². The number of rotatable bonds is 5. The van der Waals surface area contributed by atoms with Gasteiger partial charge in [0.05, 0.1) is 25.4 Å². The maximum absolute atomic E-state index is 14.6. The number of aliphatic hydroxyl groups is 1. The number of anilines is 2. The van der Waals surface area contributed by atoms with Gasteiger partial charge in [-0.05, 0) is 7.05 Å². The summed E-state index contributed by atoms with van der Waals surface area (Å²) in [6, 6.07) is 2.16. The van der Waals surface area contributed by atoms with Crippen molar-refractivity contribution >= 4 is 23.4 Å². The van der Waals surface area contributed by atoms with E-state index in [1.54, 1.807) is 16.8 Å². The smallest absolute Gasteiger partial charge is 0.414 e. The van der Waals surface area contributed by atoms with Gasteiger partial charge in [0.25, 0.3) is 0 Å². The molecule has 3 rings (SSSR count). The summed E-state index contributed by atoms with van der Waals surface area (Å²) in [5, 5.41) is 11.9. The second kappa shape index (κ2) is 8.05. The monoisotopic (exact) mass is 384 g/mol. The summed E-state index contributed by atoms with van der Waals surface area (Å²) in [7, 11) is 1.68. The predicted octanol–water partition coefficient (Wildman–Crippen LogP) is 0.150. The van der Waals surface area contributed by atoms with E-state index in [4.69, 9.17) is 9.84 Å². The second-order valence-electron chi connectivity index (χ2n) is 6.46. The Balaban J connectivity index is 1.73. The molecule has 0 aliphatic carbocycles. The topological polar surface area (TPSA) is 85.4 Å². The third-order valence-electron chi connectivity index (χ3n) is 4.67. The predicted molar refractivity (Wildman–Crippen MR) is 93.8 cm³/mol. The molecule has 148 valence electrons. The molecule has 0 bridgehead atoms. The van der Waals surface area contributed by atoms with E-state index in [1.807, 2.05) is 0 Å². The van der Waals surface area contributed by atoms with E-state index in [-0.39, 0.29) is 37.0 Å². The molecule has 8 nitrogen and oxygen atoms in total. The van der Waals surface area contributed by atoms with Gasteiger partial charge in [0.2, 0.25) is 5.91 Å². The van der Waals surface area contributed by atoms with Crippen LogP contribution in [0, 0.1) is 11.6 Å². The van der Waals surface area contributed by atoms with Gasteiger partial charge in [-0.2, -0.15) is 0 Å². The highest BCUT2D eigenvalue weighted by Crippen LogP contribution is 2.31. The average Bonchev–Trinajstić information content (AvgIpc) is 3.03. The van der Waals surface area contributed by atoms with E-state index < -0.39 is 23.8 Å². The Morgan fingerprint density at radius 1 is 1.26 bits per heavy atom. The van der Waals surface area contributed by atoms with Crippen LogP contribution in [0.2, 0.25) is 0 Å². The summed E-state index contributed by atoms with van der Waals surface area (Å²) in [4.78, 5) is 28.0. The molecule has 2 saturated heterocycles. The fourth-order valence-electron chi connectivity index (χ4n) is 3.28. The van der Waals surface area contributed by atoms with Gasteiger partial charge >= 0.3 is 6.09 Å². The number of amides is 2. The molecular weight excluding hydrogens is 362 g/mol. The molecular formula is C17H22F2N4O4. The van der Waals surface area contributed by atoms with Crippen LogP contribution in [0.4, 0.5) is 25.0 Å². The maximum Gasteiger partial charge on any atom is 0.414 e. The molecule has 0 radical (unpaired) electrons. The van der Waals surface area contributed by atoms with Crippen LogP contribution in [-0.2, 0) is 9.53 Å². The van der Waals surface area contributed by atoms with Crippen molar-refractivity contribution in [1.29, 1.82) is 0 Å². The fraction of sp³-hybridized carbons (Fsp3) is 0.529. The highest BCUT2D eigenvalue weighted by molar-refractivity contribution is 5.90. The third-order valence-corrected chi connectivity index (χ3v) is 4.67. The lowest BCUT2D eigenvalue weighted by Gasteiger charge is -2.36. The zero-order chi connectivity index (χ0) is 19.6. The van der Waals surface area contributed by atoms with Crippen LogP contribution in [0.1, 0.15) is 0 Å². The number of hydrogen-bond acceptors (Lipinski definition) is 6. The molecule has 2 aliphatic heterocycles. The first-order chi connectivity index (χ1) is 12.9. The third kappa shape index (κ3) is 3.96. The molecule has 2 aliphatic rings. The standard InChI is InChI=1S/C17H22F2N4O4/c1-20-8-15(25)21-2-4-22(5-3-21)16-13(18)6-11(7-14(16)19)23-9-12(10-24)27-17(23)26/h6-7,12,20,24H,2-5,8-10H2,1H3. The Morgan fingerprint density at radius 3 is 2.41 bits per heavy atom. The lowest BCUT2D eigenvalue weighted by molar-refractivity contribution is -0.130. The second-order valence-corrected chi connectivity index (χ2v) is 6.46. The average molecular weight is 384 g/mol. The lowest BCUT2D eigenvalue weighted by atomic mass is 10.2. The van der Waals surface area contributed by atoms with Crippen LogP contribution in [0.5, 0.6) is 0 Å². The Morgan fingerprint density at radius 2 is 1.89 bits per heavy atom. The number of halogens is 2. The van der Waals surface area contributed by atoms with Crippen LogP contribution < -0.4 is 15.1 Å². The quantitative estimate of drug-likeness (QED) is 0.752. The fourth-order valence-corrected chi connectivity index (χ4v) is 3.28. The van der Waals surface area contributed by atoms with Crippen LogP contribution in [-0.4, -0.2) is 81.0 Å². The summed E-state index contributed by atoms with van der Waals surface area (Å²) in [5.74, 6) is -1.64. The van der Waals surface area contributed by atoms with Gasteiger partial charge < -0.3 is 25.0 Å². The van der Waals surface area contributed by atoms with Crippen molar-refractivity contribution in [2.75, 3.05) is 62.7 Å². The van der Waals surface area contributed by atoms with Gasteiger partial charge in [-0.1, -0.05) is 0 Å². The lowest BCUT2D eigenvalue weighted by Crippen LogP contribution is -2.51. The minimum atomic E-state index is -0.791. The normalized spacial score (nSPS) is 20.2. The summed E-state index contributed by atoms with van der Waals surface area (Å²) in [6.07, 6.45) is -1.47. The van der Waals surface area contributed by atoms with Crippen molar-refractivity contribution in [2.24, 2.45) is 0 Å². The molecule has 2 fully saturated rings. The molecule has 0 aromatic heterocycles. The molecule has 0 spiro atoms. The Kier molecular flexibility index (Phi) is 5.76. The largest absolute Gasteiger partial charge is 0.441 e. The molecule has 27 heavy (non-hydrogen) atoms. The molecule has 1 aromatic carbocycles. The van der Waals surface area contributed by atoms with Crippen molar-refractivity contribution in [3.63, 3.8) is 0 Å². The van der Waals surface area contributed by atoms with Crippen LogP contribution in [0.3, 0.4) is 0 Å². The van der Waals surface area contributed by atoms with Gasteiger partial charge in [0.15, 0.2) is 11.6 Å². The van der Waals surface area contributed by atoms with Crippen LogP contribution in [0.25, 0.3) is 0 Å². The zero-order valence-electron chi connectivity index (χ0n) is 15.0. The van der Waals surface area contributed by atoms with E-state index in [1.165, 1.54) is 0 Å². The van der Waals surface area contributed by atoms with Gasteiger partial charge in [0.1, 0.15) is 11.8 Å². The molecule has 1 aromatic rings. The molecule has 2 heterocycles. The SMILES string of the molecule is CNCC(=O)N1CCN(c2c(F)cc(N3CC(CO)OC3=O)cc2F)CC1. The number of likely N-dealkylation sites (N-methyl/N-ethyl adjacent to an activating group) is 1. The Bertz CT molecular complexity index is 702. The number of aliphatic hydroxyl groups excluding tert-OH is 1. The summed E-state index contributed by atoms with van der Waals surface area (Å²) in [6.45, 7) is 1.25. The van der Waals surface area contributed by atoms with Gasteiger partial charge in [0, 0.05) is 38.3 Å². The molecule has 1 unspecified atom stereocenters. The Labute approximate surface area is 155 Å². The molecule has 2 amide bonds. The van der Waals surface area contributed by atoms with Crippen molar-refractivity contribution in [2.45, 2.75) is 6.10 Å². The summed E-state index contributed by atoms with van der Waals surface area (Å²) >= 11 is 0. The van der Waals surface area contributed by atoms with Crippen LogP contribution in [0.15, 0.2) is 12.1 Å². The first-order valence-electron chi connectivity index (χ1n) is 8.70. The van der Waals surface area contributed by atoms with Gasteiger partial charge in [-0.25, -0.2) is 13.6 Å². The number of nitrogens with zero attached hydrogens (tertiary/aromatic N) is 3. The van der Waals surface area contributed by atoms with E-state index in [9.17, 15) is 18.4 Å². The highest BCUT2D eigenvalue weighted by atomic mass is 19.1. The summed E-state index contributed by atoms with van der Waals surface area (Å²) in [5.41, 5.74) is -0.136. The van der Waals surface area contributed by atoms with Crippen molar-refractivity contribution in [1.82, 2.24) is 10.2 Å². The molecule has 10 heteroatoms. The van der Waals surface area contributed by atoms with Gasteiger partial charge in [-0.3, -0.25) is 9.69 Å². The highest BCUT2D eigenvalue weighted by Gasteiger charge is 2.33. The van der Waals surface area contributed by atoms with Crippen molar-refractivity contribution in [3.05, 3.63) is 23.8 Å². The minimum Gasteiger partial charge on any atom is -0.441 e. The van der Waals surface area contributed by atoms with Crippen molar-refractivity contribution < 1.29 is 28.2 Å². The number of piperazine rings is 1. The molecule has 1 atom stereocenters. The van der Waals surface area contributed by atoms with Gasteiger partial charge in [-0.15, -0.1) is 0 Å². The van der Waals surface area contributed by atoms with E-state index in [0.29, 0.717) is 26.2 Å². The first-order valence-corrected chi connectivity index (χ1v) is 8.70. The number of carbonyl (C=O) groups is 2. The van der Waals surface area contributed by atoms with E-state index in [2.05, 4.69) is 5.32 Å². The minimum absolute atomic E-state index is 0.0276. The van der Waals surface area contributed by atoms with Crippen molar-refractivity contribution in [3.8, 4) is 0 Å². The summed E-state index contributed by atoms with van der Waals surface area (Å²) < 4.78 is 34.2. The maximum atomic E-state index is 14.6.